The van der Waals surface area contributed by atoms with Crippen LogP contribution in [0.2, 0.25) is 0 Å². The monoisotopic (exact) mass is 313 g/mol. The molecule has 0 bridgehead atoms. The normalized spacial score (nSPS) is 19.0. The highest BCUT2D eigenvalue weighted by Crippen LogP contribution is 2.23. The fraction of sp³-hybridized carbons (Fsp3) is 0.471. The van der Waals surface area contributed by atoms with Crippen LogP contribution in [-0.2, 0) is 11.2 Å². The molecule has 2 aromatic heterocycles. The van der Waals surface area contributed by atoms with Gasteiger partial charge in [0.25, 0.3) is 0 Å². The SMILES string of the molecule is CCN1CCN(C(=O)CCc2ccccn2)CC1c1ncc[nH]1. The number of aryl methyl sites for hydroxylation is 1. The number of carbonyl (C=O) groups is 1. The molecule has 1 amide bonds. The van der Waals surface area contributed by atoms with Gasteiger partial charge in [0.2, 0.25) is 5.91 Å². The summed E-state index contributed by atoms with van der Waals surface area (Å²) >= 11 is 0. The van der Waals surface area contributed by atoms with Gasteiger partial charge in [-0.05, 0) is 25.1 Å². The highest BCUT2D eigenvalue weighted by atomic mass is 16.2. The Balaban J connectivity index is 1.60. The molecule has 0 saturated carbocycles. The first-order valence-corrected chi connectivity index (χ1v) is 8.19. The maximum Gasteiger partial charge on any atom is 0.223 e. The Morgan fingerprint density at radius 2 is 2.22 bits per heavy atom. The van der Waals surface area contributed by atoms with Crippen molar-refractivity contribution in [2.45, 2.75) is 25.8 Å². The van der Waals surface area contributed by atoms with Crippen LogP contribution in [-0.4, -0.2) is 56.8 Å². The summed E-state index contributed by atoms with van der Waals surface area (Å²) in [7, 11) is 0. The van der Waals surface area contributed by atoms with Crippen LogP contribution >= 0.6 is 0 Å². The molecular formula is C17H23N5O. The third kappa shape index (κ3) is 3.76. The first-order chi connectivity index (χ1) is 11.3. The second-order valence-corrected chi connectivity index (χ2v) is 5.78. The van der Waals surface area contributed by atoms with Gasteiger partial charge in [-0.3, -0.25) is 14.7 Å². The van der Waals surface area contributed by atoms with Crippen LogP contribution in [0.25, 0.3) is 0 Å². The zero-order valence-corrected chi connectivity index (χ0v) is 13.5. The van der Waals surface area contributed by atoms with E-state index in [-0.39, 0.29) is 11.9 Å². The smallest absolute Gasteiger partial charge is 0.223 e. The molecule has 0 aromatic carbocycles. The molecule has 0 aliphatic carbocycles. The number of nitrogens with zero attached hydrogens (tertiary/aromatic N) is 4. The average molecular weight is 313 g/mol. The molecule has 1 N–H and O–H groups in total. The average Bonchev–Trinajstić information content (AvgIpc) is 3.14. The third-order valence-corrected chi connectivity index (χ3v) is 4.41. The van der Waals surface area contributed by atoms with Gasteiger partial charge in [-0.2, -0.15) is 0 Å². The number of piperazine rings is 1. The summed E-state index contributed by atoms with van der Waals surface area (Å²) in [6.45, 7) is 5.47. The number of H-pyrrole nitrogens is 1. The largest absolute Gasteiger partial charge is 0.347 e. The van der Waals surface area contributed by atoms with E-state index >= 15 is 0 Å². The third-order valence-electron chi connectivity index (χ3n) is 4.41. The number of amides is 1. The number of hydrogen-bond acceptors (Lipinski definition) is 4. The lowest BCUT2D eigenvalue weighted by atomic mass is 10.1. The van der Waals surface area contributed by atoms with Gasteiger partial charge < -0.3 is 9.88 Å². The van der Waals surface area contributed by atoms with Crippen molar-refractivity contribution >= 4 is 5.91 Å². The minimum atomic E-state index is 0.155. The van der Waals surface area contributed by atoms with Gasteiger partial charge in [-0.15, -0.1) is 0 Å². The molecule has 122 valence electrons. The number of pyridine rings is 1. The second-order valence-electron chi connectivity index (χ2n) is 5.78. The molecular weight excluding hydrogens is 290 g/mol. The molecule has 6 heteroatoms. The number of aromatic amines is 1. The predicted octanol–water partition coefficient (Wildman–Crippen LogP) is 1.64. The minimum Gasteiger partial charge on any atom is -0.347 e. The molecule has 1 aliphatic heterocycles. The van der Waals surface area contributed by atoms with Crippen LogP contribution in [0.1, 0.15) is 30.9 Å². The van der Waals surface area contributed by atoms with Crippen LogP contribution in [0.15, 0.2) is 36.8 Å². The molecule has 2 aromatic rings. The lowest BCUT2D eigenvalue weighted by Crippen LogP contribution is -2.50. The quantitative estimate of drug-likeness (QED) is 0.911. The van der Waals surface area contributed by atoms with Crippen molar-refractivity contribution in [3.63, 3.8) is 0 Å². The number of nitrogens with one attached hydrogen (secondary N) is 1. The van der Waals surface area contributed by atoms with E-state index in [0.29, 0.717) is 19.4 Å². The lowest BCUT2D eigenvalue weighted by molar-refractivity contribution is -0.134. The van der Waals surface area contributed by atoms with Crippen molar-refractivity contribution < 1.29 is 4.79 Å². The number of rotatable bonds is 5. The Labute approximate surface area is 136 Å². The summed E-state index contributed by atoms with van der Waals surface area (Å²) in [5.41, 5.74) is 0.968. The van der Waals surface area contributed by atoms with Crippen LogP contribution in [0.4, 0.5) is 0 Å². The van der Waals surface area contributed by atoms with Gasteiger partial charge in [0.1, 0.15) is 5.82 Å². The van der Waals surface area contributed by atoms with Crippen molar-refractivity contribution in [2.75, 3.05) is 26.2 Å². The van der Waals surface area contributed by atoms with Crippen molar-refractivity contribution in [3.8, 4) is 0 Å². The molecule has 1 unspecified atom stereocenters. The zero-order chi connectivity index (χ0) is 16.1. The minimum absolute atomic E-state index is 0.155. The standard InChI is InChI=1S/C17H23N5O/c1-2-21-11-12-22(13-15(21)17-19-9-10-20-17)16(23)7-6-14-5-3-4-8-18-14/h3-5,8-10,15H,2,6-7,11-13H2,1H3,(H,19,20). The van der Waals surface area contributed by atoms with Crippen LogP contribution in [0.5, 0.6) is 0 Å². The second kappa shape index (κ2) is 7.37. The van der Waals surface area contributed by atoms with Crippen LogP contribution in [0.3, 0.4) is 0 Å². The molecule has 0 spiro atoms. The first kappa shape index (κ1) is 15.7. The molecule has 3 heterocycles. The van der Waals surface area contributed by atoms with E-state index in [2.05, 4.69) is 26.8 Å². The Morgan fingerprint density at radius 1 is 1.30 bits per heavy atom. The summed E-state index contributed by atoms with van der Waals surface area (Å²) in [4.78, 5) is 28.7. The first-order valence-electron chi connectivity index (χ1n) is 8.19. The summed E-state index contributed by atoms with van der Waals surface area (Å²) in [5, 5.41) is 0. The van der Waals surface area contributed by atoms with Crippen LogP contribution < -0.4 is 0 Å². The Hall–Kier alpha value is -2.21. The topological polar surface area (TPSA) is 65.1 Å². The zero-order valence-electron chi connectivity index (χ0n) is 13.5. The maximum atomic E-state index is 12.5. The Kier molecular flexibility index (Phi) is 5.02. The van der Waals surface area contributed by atoms with Crippen LogP contribution in [0, 0.1) is 0 Å². The Morgan fingerprint density at radius 3 is 2.91 bits per heavy atom. The molecule has 1 fully saturated rings. The molecule has 1 aliphatic rings. The fourth-order valence-electron chi connectivity index (χ4n) is 3.08. The van der Waals surface area contributed by atoms with E-state index < -0.39 is 0 Å². The summed E-state index contributed by atoms with van der Waals surface area (Å²) in [5.74, 6) is 1.14. The van der Waals surface area contributed by atoms with E-state index in [4.69, 9.17) is 0 Å². The molecule has 0 radical (unpaired) electrons. The fourth-order valence-corrected chi connectivity index (χ4v) is 3.08. The molecule has 3 rings (SSSR count). The summed E-state index contributed by atoms with van der Waals surface area (Å²) < 4.78 is 0. The number of imidazole rings is 1. The van der Waals surface area contributed by atoms with Crippen molar-refractivity contribution in [2.24, 2.45) is 0 Å². The van der Waals surface area contributed by atoms with Gasteiger partial charge in [0.05, 0.1) is 6.04 Å². The van der Waals surface area contributed by atoms with E-state index in [1.54, 1.807) is 12.4 Å². The van der Waals surface area contributed by atoms with E-state index in [1.165, 1.54) is 0 Å². The number of likely N-dealkylation sites (N-methyl/N-ethyl adjacent to an activating group) is 1. The lowest BCUT2D eigenvalue weighted by Gasteiger charge is -2.40. The van der Waals surface area contributed by atoms with Crippen molar-refractivity contribution in [3.05, 3.63) is 48.3 Å². The maximum absolute atomic E-state index is 12.5. The van der Waals surface area contributed by atoms with Gasteiger partial charge in [-0.1, -0.05) is 13.0 Å². The van der Waals surface area contributed by atoms with Gasteiger partial charge in [0.15, 0.2) is 0 Å². The van der Waals surface area contributed by atoms with Gasteiger partial charge >= 0.3 is 0 Å². The van der Waals surface area contributed by atoms with Crippen molar-refractivity contribution in [1.29, 1.82) is 0 Å². The Bertz CT molecular complexity index is 613. The predicted molar refractivity (Wildman–Crippen MR) is 87.7 cm³/mol. The highest BCUT2D eigenvalue weighted by molar-refractivity contribution is 5.76. The molecule has 6 nitrogen and oxygen atoms in total. The number of hydrogen-bond donors (Lipinski definition) is 1. The number of carbonyl (C=O) groups excluding carboxylic acids is 1. The van der Waals surface area contributed by atoms with E-state index in [0.717, 1.165) is 31.2 Å². The van der Waals surface area contributed by atoms with Crippen molar-refractivity contribution in [1.82, 2.24) is 24.8 Å². The van der Waals surface area contributed by atoms with Gasteiger partial charge in [-0.25, -0.2) is 4.98 Å². The van der Waals surface area contributed by atoms with E-state index in [1.807, 2.05) is 29.3 Å². The van der Waals surface area contributed by atoms with E-state index in [9.17, 15) is 4.79 Å². The molecule has 1 saturated heterocycles. The molecule has 1 atom stereocenters. The summed E-state index contributed by atoms with van der Waals surface area (Å²) in [6, 6.07) is 5.97. The van der Waals surface area contributed by atoms with Gasteiger partial charge in [0, 0.05) is 50.3 Å². The highest BCUT2D eigenvalue weighted by Gasteiger charge is 2.30. The molecule has 23 heavy (non-hydrogen) atoms. The summed E-state index contributed by atoms with van der Waals surface area (Å²) in [6.07, 6.45) is 6.58. The number of aromatic nitrogens is 3.